The van der Waals surface area contributed by atoms with Gasteiger partial charge in [0.05, 0.1) is 24.4 Å². The topological polar surface area (TPSA) is 91.0 Å². The smallest absolute Gasteiger partial charge is 0.253 e. The molecule has 0 saturated carbocycles. The summed E-state index contributed by atoms with van der Waals surface area (Å²) in [5.41, 5.74) is 3.13. The van der Waals surface area contributed by atoms with Gasteiger partial charge in [-0.15, -0.1) is 12.4 Å². The second kappa shape index (κ2) is 10.6. The molecule has 0 spiro atoms. The molecule has 1 fully saturated rings. The third-order valence-corrected chi connectivity index (χ3v) is 5.44. The normalized spacial score (nSPS) is 15.0. The van der Waals surface area contributed by atoms with E-state index in [9.17, 15) is 9.59 Å². The Bertz CT molecular complexity index is 1110. The van der Waals surface area contributed by atoms with Crippen molar-refractivity contribution in [2.75, 3.05) is 13.1 Å². The molecule has 164 valence electrons. The van der Waals surface area contributed by atoms with Gasteiger partial charge in [0, 0.05) is 43.1 Å². The summed E-state index contributed by atoms with van der Waals surface area (Å²) in [5.74, 6) is -0.0848. The molecule has 1 saturated heterocycles. The SMILES string of the molecule is Cl.N#Cc1ccc(Cn2cncc2CC(=O)N[C@H]2CCN(C(=O)c3ccccc3)C2)cc1. The molecule has 4 rings (SSSR count). The van der Waals surface area contributed by atoms with E-state index < -0.39 is 0 Å². The van der Waals surface area contributed by atoms with Crippen LogP contribution in [0.3, 0.4) is 0 Å². The first-order valence-corrected chi connectivity index (χ1v) is 10.2. The molecular formula is C24H24ClN5O2. The summed E-state index contributed by atoms with van der Waals surface area (Å²) in [6.45, 7) is 1.73. The number of imidazole rings is 1. The second-order valence-corrected chi connectivity index (χ2v) is 7.67. The first-order chi connectivity index (χ1) is 15.1. The van der Waals surface area contributed by atoms with Crippen molar-refractivity contribution in [1.82, 2.24) is 19.8 Å². The maximum Gasteiger partial charge on any atom is 0.253 e. The monoisotopic (exact) mass is 449 g/mol. The number of hydrogen-bond acceptors (Lipinski definition) is 4. The maximum absolute atomic E-state index is 12.6. The Morgan fingerprint density at radius 1 is 1.12 bits per heavy atom. The van der Waals surface area contributed by atoms with Crippen molar-refractivity contribution in [1.29, 1.82) is 5.26 Å². The Hall–Kier alpha value is -3.63. The van der Waals surface area contributed by atoms with Crippen molar-refractivity contribution in [3.63, 3.8) is 0 Å². The molecule has 1 atom stereocenters. The Balaban J connectivity index is 0.00000289. The number of nitriles is 1. The number of likely N-dealkylation sites (tertiary alicyclic amines) is 1. The number of rotatable bonds is 6. The van der Waals surface area contributed by atoms with Gasteiger partial charge in [-0.3, -0.25) is 9.59 Å². The highest BCUT2D eigenvalue weighted by atomic mass is 35.5. The van der Waals surface area contributed by atoms with E-state index >= 15 is 0 Å². The van der Waals surface area contributed by atoms with Gasteiger partial charge in [-0.25, -0.2) is 4.98 Å². The van der Waals surface area contributed by atoms with Crippen molar-refractivity contribution in [2.24, 2.45) is 0 Å². The maximum atomic E-state index is 12.6. The average molecular weight is 450 g/mol. The zero-order chi connectivity index (χ0) is 21.6. The van der Waals surface area contributed by atoms with Gasteiger partial charge in [-0.1, -0.05) is 30.3 Å². The van der Waals surface area contributed by atoms with E-state index in [0.717, 1.165) is 17.7 Å². The number of nitrogens with one attached hydrogen (secondary N) is 1. The molecule has 1 aromatic heterocycles. The minimum Gasteiger partial charge on any atom is -0.351 e. The zero-order valence-electron chi connectivity index (χ0n) is 17.5. The van der Waals surface area contributed by atoms with Crippen molar-refractivity contribution < 1.29 is 9.59 Å². The van der Waals surface area contributed by atoms with Crippen molar-refractivity contribution in [2.45, 2.75) is 25.4 Å². The number of halogens is 1. The lowest BCUT2D eigenvalue weighted by Gasteiger charge is -2.17. The van der Waals surface area contributed by atoms with Crippen LogP contribution in [0.2, 0.25) is 0 Å². The van der Waals surface area contributed by atoms with Crippen LogP contribution in [0.5, 0.6) is 0 Å². The molecule has 0 radical (unpaired) electrons. The number of carbonyl (C=O) groups excluding carboxylic acids is 2. The molecule has 7 nitrogen and oxygen atoms in total. The molecule has 2 amide bonds. The van der Waals surface area contributed by atoms with E-state index in [2.05, 4.69) is 16.4 Å². The Kier molecular flexibility index (Phi) is 7.63. The van der Waals surface area contributed by atoms with E-state index in [0.29, 0.717) is 30.8 Å². The van der Waals surface area contributed by atoms with Gasteiger partial charge >= 0.3 is 0 Å². The standard InChI is InChI=1S/C24H23N5O2.ClH/c25-13-18-6-8-19(9-7-18)15-29-17-26-14-22(29)12-23(30)27-21-10-11-28(16-21)24(31)20-4-2-1-3-5-20;/h1-9,14,17,21H,10-12,15-16H2,(H,27,30);1H/t21-;/m0./s1. The van der Waals surface area contributed by atoms with Crippen LogP contribution in [-0.4, -0.2) is 45.4 Å². The summed E-state index contributed by atoms with van der Waals surface area (Å²) in [7, 11) is 0. The van der Waals surface area contributed by atoms with Gasteiger partial charge in [0.2, 0.25) is 5.91 Å². The fraction of sp³-hybridized carbons (Fsp3) is 0.250. The van der Waals surface area contributed by atoms with Crippen LogP contribution in [0.15, 0.2) is 67.1 Å². The molecule has 8 heteroatoms. The third-order valence-electron chi connectivity index (χ3n) is 5.44. The molecule has 1 N–H and O–H groups in total. The molecular weight excluding hydrogens is 426 g/mol. The summed E-state index contributed by atoms with van der Waals surface area (Å²) < 4.78 is 1.93. The van der Waals surface area contributed by atoms with Gasteiger partial charge in [0.15, 0.2) is 0 Å². The Morgan fingerprint density at radius 3 is 2.59 bits per heavy atom. The number of nitrogens with zero attached hydrogens (tertiary/aromatic N) is 4. The van der Waals surface area contributed by atoms with Crippen LogP contribution in [0.4, 0.5) is 0 Å². The van der Waals surface area contributed by atoms with Crippen LogP contribution >= 0.6 is 12.4 Å². The highest BCUT2D eigenvalue weighted by Crippen LogP contribution is 2.14. The second-order valence-electron chi connectivity index (χ2n) is 7.67. The molecule has 32 heavy (non-hydrogen) atoms. The summed E-state index contributed by atoms with van der Waals surface area (Å²) in [5, 5.41) is 12.0. The molecule has 2 heterocycles. The van der Waals surface area contributed by atoms with Crippen LogP contribution in [0.25, 0.3) is 0 Å². The van der Waals surface area contributed by atoms with Gasteiger partial charge in [0.25, 0.3) is 5.91 Å². The Morgan fingerprint density at radius 2 is 1.88 bits per heavy atom. The summed E-state index contributed by atoms with van der Waals surface area (Å²) in [6.07, 6.45) is 4.37. The molecule has 1 aliphatic rings. The van der Waals surface area contributed by atoms with Crippen LogP contribution in [0, 0.1) is 11.3 Å². The number of aromatic nitrogens is 2. The fourth-order valence-electron chi connectivity index (χ4n) is 3.79. The molecule has 3 aromatic rings. The predicted octanol–water partition coefficient (Wildman–Crippen LogP) is 2.80. The lowest BCUT2D eigenvalue weighted by atomic mass is 10.1. The number of carbonyl (C=O) groups is 2. The van der Waals surface area contributed by atoms with Crippen molar-refractivity contribution in [3.05, 3.63) is 89.5 Å². The van der Waals surface area contributed by atoms with E-state index in [1.165, 1.54) is 0 Å². The lowest BCUT2D eigenvalue weighted by Crippen LogP contribution is -2.39. The van der Waals surface area contributed by atoms with Crippen LogP contribution in [0.1, 0.15) is 33.6 Å². The molecule has 0 aliphatic carbocycles. The van der Waals surface area contributed by atoms with Gasteiger partial charge in [-0.2, -0.15) is 5.26 Å². The number of benzene rings is 2. The molecule has 0 bridgehead atoms. The number of hydrogen-bond donors (Lipinski definition) is 1. The van der Waals surface area contributed by atoms with Crippen molar-refractivity contribution >= 4 is 24.2 Å². The summed E-state index contributed by atoms with van der Waals surface area (Å²) >= 11 is 0. The third kappa shape index (κ3) is 5.54. The quantitative estimate of drug-likeness (QED) is 0.626. The Labute approximate surface area is 193 Å². The fourth-order valence-corrected chi connectivity index (χ4v) is 3.79. The van der Waals surface area contributed by atoms with Crippen molar-refractivity contribution in [3.8, 4) is 6.07 Å². The molecule has 0 unspecified atom stereocenters. The van der Waals surface area contributed by atoms with E-state index in [4.69, 9.17) is 5.26 Å². The van der Waals surface area contributed by atoms with Gasteiger partial charge < -0.3 is 14.8 Å². The van der Waals surface area contributed by atoms with Crippen LogP contribution in [-0.2, 0) is 17.8 Å². The molecule has 1 aliphatic heterocycles. The minimum absolute atomic E-state index is 0. The largest absolute Gasteiger partial charge is 0.351 e. The van der Waals surface area contributed by atoms with Gasteiger partial charge in [-0.05, 0) is 36.2 Å². The zero-order valence-corrected chi connectivity index (χ0v) is 18.3. The molecule has 2 aromatic carbocycles. The van der Waals surface area contributed by atoms with Crippen LogP contribution < -0.4 is 5.32 Å². The lowest BCUT2D eigenvalue weighted by molar-refractivity contribution is -0.121. The highest BCUT2D eigenvalue weighted by Gasteiger charge is 2.28. The van der Waals surface area contributed by atoms with E-state index in [-0.39, 0.29) is 36.7 Å². The average Bonchev–Trinajstić information content (AvgIpc) is 3.44. The summed E-state index contributed by atoms with van der Waals surface area (Å²) in [4.78, 5) is 31.2. The van der Waals surface area contributed by atoms with E-state index in [1.54, 1.807) is 29.6 Å². The predicted molar refractivity (Wildman–Crippen MR) is 122 cm³/mol. The summed E-state index contributed by atoms with van der Waals surface area (Å²) in [6, 6.07) is 18.6. The first-order valence-electron chi connectivity index (χ1n) is 10.2. The van der Waals surface area contributed by atoms with Gasteiger partial charge in [0.1, 0.15) is 0 Å². The van der Waals surface area contributed by atoms with E-state index in [1.807, 2.05) is 47.0 Å². The highest BCUT2D eigenvalue weighted by molar-refractivity contribution is 5.94. The number of amides is 2. The minimum atomic E-state index is -0.0828. The first kappa shape index (κ1) is 23.0.